The molecule has 1 unspecified atom stereocenters. The molecule has 0 aliphatic carbocycles. The third-order valence-corrected chi connectivity index (χ3v) is 8.15. The first-order valence-electron chi connectivity index (χ1n) is 11.5. The van der Waals surface area contributed by atoms with Gasteiger partial charge in [0.2, 0.25) is 0 Å². The standard InChI is InChI=1S/C25H27N3O9S/c1-24(2)19(21(30)37-13-14-9-11-15(12-10-14)28(32)33)27-22(31)25(36-5,23(27)38-24)26-20(29)18-16(34-3)7-6-8-17(18)35-4/h6-12,19,23H,13H2,1-5H3,(H,26,29)/t19-,23+,25?/m0/s1. The van der Waals surface area contributed by atoms with Crippen molar-refractivity contribution in [3.8, 4) is 11.5 Å². The van der Waals surface area contributed by atoms with Crippen molar-refractivity contribution in [3.05, 3.63) is 63.7 Å². The van der Waals surface area contributed by atoms with Crippen LogP contribution in [0.2, 0.25) is 0 Å². The highest BCUT2D eigenvalue weighted by Gasteiger charge is 2.73. The number of hydrogen-bond donors (Lipinski definition) is 1. The lowest BCUT2D eigenvalue weighted by atomic mass is 9.93. The first kappa shape index (κ1) is 27.2. The molecule has 2 aromatic carbocycles. The topological polar surface area (TPSA) is 147 Å². The third kappa shape index (κ3) is 4.41. The molecule has 2 heterocycles. The zero-order valence-electron chi connectivity index (χ0n) is 21.4. The van der Waals surface area contributed by atoms with Gasteiger partial charge in [0.25, 0.3) is 23.2 Å². The van der Waals surface area contributed by atoms with E-state index in [4.69, 9.17) is 18.9 Å². The molecule has 1 N–H and O–H groups in total. The number of β-lactam (4-membered cyclic amide) rings is 1. The van der Waals surface area contributed by atoms with Crippen LogP contribution >= 0.6 is 11.8 Å². The molecule has 0 bridgehead atoms. The van der Waals surface area contributed by atoms with Gasteiger partial charge in [-0.2, -0.15) is 0 Å². The number of ether oxygens (including phenoxy) is 4. The van der Waals surface area contributed by atoms with Gasteiger partial charge < -0.3 is 29.2 Å². The number of thioether (sulfide) groups is 1. The van der Waals surface area contributed by atoms with Crippen LogP contribution in [0.4, 0.5) is 5.69 Å². The second kappa shape index (κ2) is 10.1. The maximum atomic E-state index is 13.5. The molecule has 12 nitrogen and oxygen atoms in total. The Morgan fingerprint density at radius 2 is 1.68 bits per heavy atom. The van der Waals surface area contributed by atoms with Crippen molar-refractivity contribution in [3.63, 3.8) is 0 Å². The number of carbonyl (C=O) groups is 3. The van der Waals surface area contributed by atoms with Gasteiger partial charge in [0, 0.05) is 24.0 Å². The van der Waals surface area contributed by atoms with Crippen LogP contribution in [0.1, 0.15) is 29.8 Å². The average Bonchev–Trinajstić information content (AvgIpc) is 3.18. The Balaban J connectivity index is 1.53. The number of rotatable bonds is 9. The van der Waals surface area contributed by atoms with E-state index in [2.05, 4.69) is 5.32 Å². The van der Waals surface area contributed by atoms with Crippen molar-refractivity contribution in [2.75, 3.05) is 21.3 Å². The lowest BCUT2D eigenvalue weighted by molar-refractivity contribution is -0.384. The van der Waals surface area contributed by atoms with Crippen molar-refractivity contribution in [1.82, 2.24) is 10.2 Å². The largest absolute Gasteiger partial charge is 0.496 e. The summed E-state index contributed by atoms with van der Waals surface area (Å²) in [4.78, 5) is 51.7. The Kier molecular flexibility index (Phi) is 7.26. The molecule has 202 valence electrons. The SMILES string of the molecule is COc1cccc(OC)c1C(=O)NC1(OC)C(=O)N2[C@@H](C(=O)OCc3ccc([N+](=O)[O-])cc3)C(C)(C)S[C@@H]21. The van der Waals surface area contributed by atoms with Crippen LogP contribution in [0.15, 0.2) is 42.5 Å². The van der Waals surface area contributed by atoms with E-state index in [9.17, 15) is 24.5 Å². The smallest absolute Gasteiger partial charge is 0.330 e. The number of non-ortho nitro benzene ring substituents is 1. The van der Waals surface area contributed by atoms with E-state index in [1.165, 1.54) is 62.3 Å². The molecule has 0 saturated carbocycles. The number of carbonyl (C=O) groups excluding carboxylic acids is 3. The molecule has 2 saturated heterocycles. The Hall–Kier alpha value is -3.84. The lowest BCUT2D eigenvalue weighted by Gasteiger charge is -2.51. The molecule has 38 heavy (non-hydrogen) atoms. The molecular weight excluding hydrogens is 518 g/mol. The fourth-order valence-electron chi connectivity index (χ4n) is 4.62. The zero-order valence-corrected chi connectivity index (χ0v) is 22.2. The van der Waals surface area contributed by atoms with Gasteiger partial charge in [-0.15, -0.1) is 11.8 Å². The zero-order chi connectivity index (χ0) is 27.8. The van der Waals surface area contributed by atoms with Crippen LogP contribution in [0.25, 0.3) is 0 Å². The quantitative estimate of drug-likeness (QED) is 0.164. The van der Waals surface area contributed by atoms with Crippen molar-refractivity contribution < 1.29 is 38.3 Å². The molecule has 0 aromatic heterocycles. The number of nitro benzene ring substituents is 1. The summed E-state index contributed by atoms with van der Waals surface area (Å²) in [6.07, 6.45) is 0. The van der Waals surface area contributed by atoms with Gasteiger partial charge in [-0.05, 0) is 43.7 Å². The monoisotopic (exact) mass is 545 g/mol. The maximum absolute atomic E-state index is 13.5. The third-order valence-electron chi connectivity index (χ3n) is 6.53. The number of methoxy groups -OCH3 is 3. The highest BCUT2D eigenvalue weighted by molar-refractivity contribution is 8.01. The molecule has 2 aliphatic rings. The van der Waals surface area contributed by atoms with E-state index in [0.717, 1.165) is 0 Å². The van der Waals surface area contributed by atoms with Crippen LogP contribution in [0.5, 0.6) is 11.5 Å². The summed E-state index contributed by atoms with van der Waals surface area (Å²) in [5, 5.41) is 12.8. The Bertz CT molecular complexity index is 1260. The highest BCUT2D eigenvalue weighted by Crippen LogP contribution is 2.55. The van der Waals surface area contributed by atoms with Gasteiger partial charge in [-0.1, -0.05) is 6.07 Å². The van der Waals surface area contributed by atoms with Gasteiger partial charge >= 0.3 is 5.97 Å². The first-order valence-corrected chi connectivity index (χ1v) is 12.4. The second-order valence-corrected chi connectivity index (χ2v) is 10.9. The molecule has 2 aromatic rings. The Labute approximate surface area is 222 Å². The van der Waals surface area contributed by atoms with Gasteiger partial charge in [0.1, 0.15) is 35.1 Å². The summed E-state index contributed by atoms with van der Waals surface area (Å²) in [5.74, 6) is -1.37. The summed E-state index contributed by atoms with van der Waals surface area (Å²) >= 11 is 1.30. The van der Waals surface area contributed by atoms with Crippen LogP contribution < -0.4 is 14.8 Å². The van der Waals surface area contributed by atoms with E-state index in [1.54, 1.807) is 32.0 Å². The summed E-state index contributed by atoms with van der Waals surface area (Å²) in [6, 6.07) is 9.53. The summed E-state index contributed by atoms with van der Waals surface area (Å²) < 4.78 is 20.9. The highest BCUT2D eigenvalue weighted by atomic mass is 32.2. The van der Waals surface area contributed by atoms with Gasteiger partial charge in [-0.25, -0.2) is 4.79 Å². The minimum Gasteiger partial charge on any atom is -0.496 e. The number of nitrogens with zero attached hydrogens (tertiary/aromatic N) is 2. The maximum Gasteiger partial charge on any atom is 0.330 e. The van der Waals surface area contributed by atoms with Crippen LogP contribution in [-0.2, 0) is 25.7 Å². The number of hydrogen-bond acceptors (Lipinski definition) is 10. The van der Waals surface area contributed by atoms with Gasteiger partial charge in [-0.3, -0.25) is 19.7 Å². The van der Waals surface area contributed by atoms with Crippen LogP contribution in [0.3, 0.4) is 0 Å². The minimum atomic E-state index is -1.72. The van der Waals surface area contributed by atoms with E-state index in [0.29, 0.717) is 5.56 Å². The molecule has 4 rings (SSSR count). The van der Waals surface area contributed by atoms with Gasteiger partial charge in [0.05, 0.1) is 19.1 Å². The summed E-state index contributed by atoms with van der Waals surface area (Å²) in [5.41, 5.74) is -1.14. The molecular formula is C25H27N3O9S. The number of amides is 2. The van der Waals surface area contributed by atoms with Crippen LogP contribution in [0, 0.1) is 10.1 Å². The van der Waals surface area contributed by atoms with E-state index in [-0.39, 0.29) is 29.4 Å². The Morgan fingerprint density at radius 1 is 1.08 bits per heavy atom. The van der Waals surface area contributed by atoms with E-state index in [1.807, 2.05) is 0 Å². The molecule has 0 spiro atoms. The van der Waals surface area contributed by atoms with Crippen molar-refractivity contribution in [2.45, 2.75) is 42.3 Å². The van der Waals surface area contributed by atoms with E-state index < -0.39 is 44.6 Å². The second-order valence-electron chi connectivity index (χ2n) is 9.15. The first-order chi connectivity index (χ1) is 18.0. The fourth-order valence-corrected chi connectivity index (χ4v) is 6.29. The molecule has 0 radical (unpaired) electrons. The Morgan fingerprint density at radius 3 is 2.21 bits per heavy atom. The molecule has 2 fully saturated rings. The minimum absolute atomic E-state index is 0.0777. The molecule has 2 aliphatic heterocycles. The van der Waals surface area contributed by atoms with Gasteiger partial charge in [0.15, 0.2) is 0 Å². The lowest BCUT2D eigenvalue weighted by Crippen LogP contribution is -2.80. The predicted molar refractivity (Wildman–Crippen MR) is 136 cm³/mol. The van der Waals surface area contributed by atoms with E-state index >= 15 is 0 Å². The van der Waals surface area contributed by atoms with Crippen molar-refractivity contribution >= 4 is 35.2 Å². The summed E-state index contributed by atoms with van der Waals surface area (Å²) in [7, 11) is 4.13. The number of nitro groups is 1. The fraction of sp³-hybridized carbons (Fsp3) is 0.400. The molecule has 3 atom stereocenters. The number of nitrogens with one attached hydrogen (secondary N) is 1. The van der Waals surface area contributed by atoms with Crippen LogP contribution in [-0.4, -0.2) is 70.8 Å². The summed E-state index contributed by atoms with van der Waals surface area (Å²) in [6.45, 7) is 3.47. The number of benzene rings is 2. The average molecular weight is 546 g/mol. The van der Waals surface area contributed by atoms with Crippen molar-refractivity contribution in [1.29, 1.82) is 0 Å². The molecule has 13 heteroatoms. The number of esters is 1. The number of fused-ring (bicyclic) bond motifs is 1. The molecule has 2 amide bonds. The normalized spacial score (nSPS) is 23.2. The van der Waals surface area contributed by atoms with Crippen molar-refractivity contribution in [2.24, 2.45) is 0 Å². The predicted octanol–water partition coefficient (Wildman–Crippen LogP) is 2.49.